The fraction of sp³-hybridized carbons (Fsp3) is 0.467. The molecule has 1 aromatic carbocycles. The number of likely N-dealkylation sites (tertiary alicyclic amines) is 1. The zero-order valence-electron chi connectivity index (χ0n) is 11.4. The van der Waals surface area contributed by atoms with Crippen molar-refractivity contribution >= 4 is 11.9 Å². The SMILES string of the molecule is C[C@@H](C(=O)N1CCC[C@@H](C(=O)O)C1)c1cccc(F)c1. The van der Waals surface area contributed by atoms with Gasteiger partial charge in [-0.15, -0.1) is 0 Å². The Balaban J connectivity index is 2.08. The van der Waals surface area contributed by atoms with Crippen molar-refractivity contribution in [2.45, 2.75) is 25.7 Å². The molecule has 0 aliphatic carbocycles. The van der Waals surface area contributed by atoms with E-state index < -0.39 is 17.8 Å². The topological polar surface area (TPSA) is 57.6 Å². The zero-order chi connectivity index (χ0) is 14.7. The number of hydrogen-bond donors (Lipinski definition) is 1. The molecule has 1 heterocycles. The van der Waals surface area contributed by atoms with Crippen LogP contribution in [0.5, 0.6) is 0 Å². The molecule has 0 radical (unpaired) electrons. The highest BCUT2D eigenvalue weighted by Crippen LogP contribution is 2.23. The Labute approximate surface area is 117 Å². The third kappa shape index (κ3) is 3.15. The molecule has 1 N–H and O–H groups in total. The Morgan fingerprint density at radius 2 is 2.20 bits per heavy atom. The maximum absolute atomic E-state index is 13.2. The van der Waals surface area contributed by atoms with E-state index in [1.807, 2.05) is 0 Å². The Kier molecular flexibility index (Phi) is 4.37. The number of carboxylic acid groups (broad SMARTS) is 1. The summed E-state index contributed by atoms with van der Waals surface area (Å²) in [4.78, 5) is 25.0. The second-order valence-corrected chi connectivity index (χ2v) is 5.24. The van der Waals surface area contributed by atoms with Gasteiger partial charge in [0.1, 0.15) is 5.82 Å². The number of hydrogen-bond acceptors (Lipinski definition) is 2. The summed E-state index contributed by atoms with van der Waals surface area (Å²) in [6.45, 7) is 2.54. The number of halogens is 1. The molecule has 20 heavy (non-hydrogen) atoms. The molecule has 1 aliphatic rings. The van der Waals surface area contributed by atoms with Crippen LogP contribution in [-0.4, -0.2) is 35.0 Å². The summed E-state index contributed by atoms with van der Waals surface area (Å²) in [5.41, 5.74) is 0.618. The summed E-state index contributed by atoms with van der Waals surface area (Å²) in [6, 6.07) is 5.97. The van der Waals surface area contributed by atoms with E-state index in [0.717, 1.165) is 0 Å². The molecule has 0 aromatic heterocycles. The molecular formula is C15H18FNO3. The van der Waals surface area contributed by atoms with E-state index >= 15 is 0 Å². The molecule has 0 unspecified atom stereocenters. The van der Waals surface area contributed by atoms with E-state index in [0.29, 0.717) is 24.9 Å². The minimum Gasteiger partial charge on any atom is -0.481 e. The highest BCUT2D eigenvalue weighted by atomic mass is 19.1. The molecule has 1 aromatic rings. The minimum absolute atomic E-state index is 0.137. The van der Waals surface area contributed by atoms with Crippen molar-refractivity contribution in [3.63, 3.8) is 0 Å². The number of carbonyl (C=O) groups excluding carboxylic acids is 1. The van der Waals surface area contributed by atoms with Crippen molar-refractivity contribution in [2.24, 2.45) is 5.92 Å². The van der Waals surface area contributed by atoms with Crippen LogP contribution in [0, 0.1) is 11.7 Å². The van der Waals surface area contributed by atoms with Gasteiger partial charge in [-0.2, -0.15) is 0 Å². The number of piperidine rings is 1. The third-order valence-corrected chi connectivity index (χ3v) is 3.80. The second kappa shape index (κ2) is 6.03. The Morgan fingerprint density at radius 3 is 2.85 bits per heavy atom. The predicted octanol–water partition coefficient (Wildman–Crippen LogP) is 2.25. The van der Waals surface area contributed by atoms with E-state index in [-0.39, 0.29) is 18.3 Å². The first-order chi connectivity index (χ1) is 9.49. The number of nitrogens with zero attached hydrogens (tertiary/aromatic N) is 1. The normalized spacial score (nSPS) is 20.5. The molecule has 108 valence electrons. The van der Waals surface area contributed by atoms with Crippen LogP contribution in [0.2, 0.25) is 0 Å². The predicted molar refractivity (Wildman–Crippen MR) is 71.8 cm³/mol. The van der Waals surface area contributed by atoms with Crippen molar-refractivity contribution in [1.82, 2.24) is 4.90 Å². The zero-order valence-corrected chi connectivity index (χ0v) is 11.4. The van der Waals surface area contributed by atoms with E-state index in [1.165, 1.54) is 12.1 Å². The van der Waals surface area contributed by atoms with Crippen LogP contribution in [0.25, 0.3) is 0 Å². The molecule has 0 bridgehead atoms. The molecule has 1 fully saturated rings. The summed E-state index contributed by atoms with van der Waals surface area (Å²) in [5.74, 6) is -2.32. The molecule has 1 aliphatic heterocycles. The molecule has 2 rings (SSSR count). The summed E-state index contributed by atoms with van der Waals surface area (Å²) in [7, 11) is 0. The van der Waals surface area contributed by atoms with Crippen LogP contribution in [0.15, 0.2) is 24.3 Å². The van der Waals surface area contributed by atoms with Crippen molar-refractivity contribution < 1.29 is 19.1 Å². The lowest BCUT2D eigenvalue weighted by atomic mass is 9.94. The van der Waals surface area contributed by atoms with Crippen LogP contribution in [0.4, 0.5) is 4.39 Å². The first kappa shape index (κ1) is 14.5. The van der Waals surface area contributed by atoms with Crippen LogP contribution in [0.1, 0.15) is 31.2 Å². The molecule has 1 amide bonds. The van der Waals surface area contributed by atoms with E-state index in [2.05, 4.69) is 0 Å². The third-order valence-electron chi connectivity index (χ3n) is 3.80. The minimum atomic E-state index is -0.860. The number of carbonyl (C=O) groups is 2. The fourth-order valence-electron chi connectivity index (χ4n) is 2.57. The van der Waals surface area contributed by atoms with Crippen LogP contribution < -0.4 is 0 Å². The molecule has 1 saturated heterocycles. The Morgan fingerprint density at radius 1 is 1.45 bits per heavy atom. The number of aliphatic carboxylic acids is 1. The summed E-state index contributed by atoms with van der Waals surface area (Å²) in [6.07, 6.45) is 1.30. The van der Waals surface area contributed by atoms with Crippen LogP contribution in [-0.2, 0) is 9.59 Å². The number of amides is 1. The van der Waals surface area contributed by atoms with Gasteiger partial charge in [-0.05, 0) is 37.5 Å². The van der Waals surface area contributed by atoms with Gasteiger partial charge >= 0.3 is 5.97 Å². The average Bonchev–Trinajstić information content (AvgIpc) is 2.45. The highest BCUT2D eigenvalue weighted by molar-refractivity contribution is 5.84. The van der Waals surface area contributed by atoms with Gasteiger partial charge in [-0.25, -0.2) is 4.39 Å². The Hall–Kier alpha value is -1.91. The first-order valence-electron chi connectivity index (χ1n) is 6.76. The molecule has 5 heteroatoms. The van der Waals surface area contributed by atoms with Crippen LogP contribution in [0.3, 0.4) is 0 Å². The van der Waals surface area contributed by atoms with Crippen molar-refractivity contribution in [2.75, 3.05) is 13.1 Å². The van der Waals surface area contributed by atoms with Gasteiger partial charge in [0, 0.05) is 13.1 Å². The van der Waals surface area contributed by atoms with Crippen molar-refractivity contribution in [3.8, 4) is 0 Å². The maximum atomic E-state index is 13.2. The largest absolute Gasteiger partial charge is 0.481 e. The maximum Gasteiger partial charge on any atom is 0.308 e. The van der Waals surface area contributed by atoms with Gasteiger partial charge in [-0.3, -0.25) is 9.59 Å². The lowest BCUT2D eigenvalue weighted by molar-refractivity contribution is -0.146. The van der Waals surface area contributed by atoms with Gasteiger partial charge in [0.25, 0.3) is 0 Å². The molecule has 0 saturated carbocycles. The smallest absolute Gasteiger partial charge is 0.308 e. The van der Waals surface area contributed by atoms with Crippen molar-refractivity contribution in [1.29, 1.82) is 0 Å². The highest BCUT2D eigenvalue weighted by Gasteiger charge is 2.30. The van der Waals surface area contributed by atoms with Crippen molar-refractivity contribution in [3.05, 3.63) is 35.6 Å². The van der Waals surface area contributed by atoms with Gasteiger partial charge in [0.15, 0.2) is 0 Å². The number of rotatable bonds is 3. The molecule has 4 nitrogen and oxygen atoms in total. The van der Waals surface area contributed by atoms with Gasteiger partial charge < -0.3 is 10.0 Å². The first-order valence-corrected chi connectivity index (χ1v) is 6.76. The molecule has 0 spiro atoms. The quantitative estimate of drug-likeness (QED) is 0.923. The number of carboxylic acids is 1. The standard InChI is InChI=1S/C15H18FNO3/c1-10(11-4-2-6-13(16)8-11)14(18)17-7-3-5-12(9-17)15(19)20/h2,4,6,8,10,12H,3,5,7,9H2,1H3,(H,19,20)/t10-,12-/m1/s1. The second-order valence-electron chi connectivity index (χ2n) is 5.24. The van der Waals surface area contributed by atoms with Crippen LogP contribution >= 0.6 is 0 Å². The van der Waals surface area contributed by atoms with E-state index in [1.54, 1.807) is 24.0 Å². The Bertz CT molecular complexity index is 518. The average molecular weight is 279 g/mol. The lowest BCUT2D eigenvalue weighted by Crippen LogP contribution is -2.43. The van der Waals surface area contributed by atoms with E-state index in [4.69, 9.17) is 5.11 Å². The summed E-state index contributed by atoms with van der Waals surface area (Å²) in [5, 5.41) is 9.04. The lowest BCUT2D eigenvalue weighted by Gasteiger charge is -2.32. The number of benzene rings is 1. The fourth-order valence-corrected chi connectivity index (χ4v) is 2.57. The van der Waals surface area contributed by atoms with E-state index in [9.17, 15) is 14.0 Å². The monoisotopic (exact) mass is 279 g/mol. The summed E-state index contributed by atoms with van der Waals surface area (Å²) < 4.78 is 13.2. The molecular weight excluding hydrogens is 261 g/mol. The van der Waals surface area contributed by atoms with Gasteiger partial charge in [0.2, 0.25) is 5.91 Å². The van der Waals surface area contributed by atoms with Gasteiger partial charge in [-0.1, -0.05) is 12.1 Å². The summed E-state index contributed by atoms with van der Waals surface area (Å²) >= 11 is 0. The molecule has 2 atom stereocenters. The van der Waals surface area contributed by atoms with Gasteiger partial charge in [0.05, 0.1) is 11.8 Å².